The Morgan fingerprint density at radius 1 is 1.20 bits per heavy atom. The van der Waals surface area contributed by atoms with Gasteiger partial charge in [0.05, 0.1) is 0 Å². The smallest absolute Gasteiger partial charge is 0.105 e. The van der Waals surface area contributed by atoms with E-state index in [1.165, 1.54) is 12.0 Å². The van der Waals surface area contributed by atoms with Gasteiger partial charge in [-0.2, -0.15) is 0 Å². The Hall–Kier alpha value is -0.800. The number of nitrogens with one attached hydrogen (secondary N) is 2. The fourth-order valence-electron chi connectivity index (χ4n) is 1.60. The average Bonchev–Trinajstić information content (AvgIpc) is 2.51. The van der Waals surface area contributed by atoms with Gasteiger partial charge in [0.25, 0.3) is 0 Å². The third-order valence-corrected chi connectivity index (χ3v) is 2.42. The second kappa shape index (κ2) is 6.64. The van der Waals surface area contributed by atoms with Crippen LogP contribution in [0.1, 0.15) is 30.4 Å². The molecule has 0 saturated heterocycles. The lowest BCUT2D eigenvalue weighted by Gasteiger charge is -2.04. The van der Waals surface area contributed by atoms with Crippen LogP contribution in [0.15, 0.2) is 10.5 Å². The zero-order valence-corrected chi connectivity index (χ0v) is 10.0. The van der Waals surface area contributed by atoms with Crippen LogP contribution in [0.25, 0.3) is 0 Å². The number of hydrogen-bond donors (Lipinski definition) is 2. The van der Waals surface area contributed by atoms with E-state index >= 15 is 0 Å². The molecule has 0 bridgehead atoms. The maximum absolute atomic E-state index is 5.46. The van der Waals surface area contributed by atoms with E-state index in [1.807, 2.05) is 13.8 Å². The largest absolute Gasteiger partial charge is 0.466 e. The summed E-state index contributed by atoms with van der Waals surface area (Å²) < 4.78 is 5.46. The first kappa shape index (κ1) is 12.3. The Labute approximate surface area is 92.2 Å². The molecule has 86 valence electrons. The molecule has 0 spiro atoms. The Kier molecular flexibility index (Phi) is 5.43. The standard InChI is InChI=1S/C12H22N2O/c1-4-13-6-5-7-14-9-12-8-10(2)15-11(12)3/h8,13-14H,4-7,9H2,1-3H3. The molecule has 2 N–H and O–H groups in total. The highest BCUT2D eigenvalue weighted by atomic mass is 16.3. The first-order valence-corrected chi connectivity index (χ1v) is 5.71. The zero-order valence-electron chi connectivity index (χ0n) is 10.0. The van der Waals surface area contributed by atoms with E-state index in [0.717, 1.165) is 37.7 Å². The molecule has 15 heavy (non-hydrogen) atoms. The minimum absolute atomic E-state index is 0.912. The molecule has 0 atom stereocenters. The number of aryl methyl sites for hydroxylation is 2. The number of rotatable bonds is 7. The van der Waals surface area contributed by atoms with Crippen molar-refractivity contribution in [3.05, 3.63) is 23.2 Å². The van der Waals surface area contributed by atoms with Gasteiger partial charge in [0.1, 0.15) is 11.5 Å². The summed E-state index contributed by atoms with van der Waals surface area (Å²) >= 11 is 0. The molecule has 1 rings (SSSR count). The molecule has 1 heterocycles. The summed E-state index contributed by atoms with van der Waals surface area (Å²) in [7, 11) is 0. The highest BCUT2D eigenvalue weighted by Crippen LogP contribution is 2.12. The summed E-state index contributed by atoms with van der Waals surface area (Å²) in [6.45, 7) is 10.2. The van der Waals surface area contributed by atoms with Crippen molar-refractivity contribution in [2.75, 3.05) is 19.6 Å². The molecule has 0 radical (unpaired) electrons. The molecule has 0 aliphatic carbocycles. The first-order valence-electron chi connectivity index (χ1n) is 5.71. The monoisotopic (exact) mass is 210 g/mol. The maximum atomic E-state index is 5.46. The van der Waals surface area contributed by atoms with Crippen molar-refractivity contribution in [3.63, 3.8) is 0 Å². The molecule has 0 amide bonds. The van der Waals surface area contributed by atoms with Gasteiger partial charge < -0.3 is 15.1 Å². The van der Waals surface area contributed by atoms with E-state index in [0.29, 0.717) is 0 Å². The molecule has 0 fully saturated rings. The molecular formula is C12H22N2O. The highest BCUT2D eigenvalue weighted by Gasteiger charge is 2.02. The van der Waals surface area contributed by atoms with Crippen LogP contribution in [-0.2, 0) is 6.54 Å². The molecule has 3 heteroatoms. The number of furan rings is 1. The van der Waals surface area contributed by atoms with E-state index in [1.54, 1.807) is 0 Å². The molecule has 0 aromatic carbocycles. The van der Waals surface area contributed by atoms with Gasteiger partial charge in [-0.1, -0.05) is 6.92 Å². The summed E-state index contributed by atoms with van der Waals surface area (Å²) in [5.41, 5.74) is 1.27. The van der Waals surface area contributed by atoms with Crippen LogP contribution < -0.4 is 10.6 Å². The SMILES string of the molecule is CCNCCCNCc1cc(C)oc1C. The molecular weight excluding hydrogens is 188 g/mol. The van der Waals surface area contributed by atoms with Crippen molar-refractivity contribution in [1.29, 1.82) is 0 Å². The lowest BCUT2D eigenvalue weighted by molar-refractivity contribution is 0.498. The van der Waals surface area contributed by atoms with Gasteiger partial charge in [-0.15, -0.1) is 0 Å². The zero-order chi connectivity index (χ0) is 11.1. The van der Waals surface area contributed by atoms with Crippen LogP contribution in [0.3, 0.4) is 0 Å². The lowest BCUT2D eigenvalue weighted by atomic mass is 10.2. The summed E-state index contributed by atoms with van der Waals surface area (Å²) in [5, 5.41) is 6.72. The van der Waals surface area contributed by atoms with Gasteiger partial charge in [0, 0.05) is 12.1 Å². The normalized spacial score (nSPS) is 10.9. The van der Waals surface area contributed by atoms with Crippen LogP contribution in [-0.4, -0.2) is 19.6 Å². The van der Waals surface area contributed by atoms with Crippen molar-refractivity contribution in [2.24, 2.45) is 0 Å². The molecule has 0 aliphatic heterocycles. The lowest BCUT2D eigenvalue weighted by Crippen LogP contribution is -2.21. The van der Waals surface area contributed by atoms with Crippen molar-refractivity contribution in [2.45, 2.75) is 33.7 Å². The predicted octanol–water partition coefficient (Wildman–Crippen LogP) is 1.99. The van der Waals surface area contributed by atoms with Crippen LogP contribution in [0, 0.1) is 13.8 Å². The Balaban J connectivity index is 2.12. The van der Waals surface area contributed by atoms with Crippen LogP contribution in [0.5, 0.6) is 0 Å². The summed E-state index contributed by atoms with van der Waals surface area (Å²) in [6, 6.07) is 2.10. The second-order valence-corrected chi connectivity index (χ2v) is 3.82. The van der Waals surface area contributed by atoms with Crippen LogP contribution >= 0.6 is 0 Å². The van der Waals surface area contributed by atoms with Gasteiger partial charge >= 0.3 is 0 Å². The third-order valence-electron chi connectivity index (χ3n) is 2.42. The maximum Gasteiger partial charge on any atom is 0.105 e. The fourth-order valence-corrected chi connectivity index (χ4v) is 1.60. The van der Waals surface area contributed by atoms with Crippen molar-refractivity contribution in [3.8, 4) is 0 Å². The summed E-state index contributed by atoms with van der Waals surface area (Å²) in [6.07, 6.45) is 1.17. The van der Waals surface area contributed by atoms with Gasteiger partial charge in [0.2, 0.25) is 0 Å². The van der Waals surface area contributed by atoms with E-state index in [9.17, 15) is 0 Å². The second-order valence-electron chi connectivity index (χ2n) is 3.82. The Morgan fingerprint density at radius 3 is 2.53 bits per heavy atom. The summed E-state index contributed by atoms with van der Waals surface area (Å²) in [4.78, 5) is 0. The summed E-state index contributed by atoms with van der Waals surface area (Å²) in [5.74, 6) is 2.03. The third kappa shape index (κ3) is 4.49. The molecule has 1 aromatic rings. The fraction of sp³-hybridized carbons (Fsp3) is 0.667. The quantitative estimate of drug-likeness (QED) is 0.676. The average molecular weight is 210 g/mol. The molecule has 3 nitrogen and oxygen atoms in total. The Morgan fingerprint density at radius 2 is 1.93 bits per heavy atom. The highest BCUT2D eigenvalue weighted by molar-refractivity contribution is 5.19. The first-order chi connectivity index (χ1) is 7.24. The van der Waals surface area contributed by atoms with E-state index in [2.05, 4.69) is 23.6 Å². The van der Waals surface area contributed by atoms with Gasteiger partial charge in [-0.3, -0.25) is 0 Å². The van der Waals surface area contributed by atoms with E-state index in [4.69, 9.17) is 4.42 Å². The van der Waals surface area contributed by atoms with E-state index in [-0.39, 0.29) is 0 Å². The Bertz CT molecular complexity index is 281. The number of hydrogen-bond acceptors (Lipinski definition) is 3. The van der Waals surface area contributed by atoms with E-state index < -0.39 is 0 Å². The molecule has 0 aliphatic rings. The van der Waals surface area contributed by atoms with Crippen molar-refractivity contribution >= 4 is 0 Å². The van der Waals surface area contributed by atoms with Gasteiger partial charge in [-0.25, -0.2) is 0 Å². The van der Waals surface area contributed by atoms with Crippen molar-refractivity contribution < 1.29 is 4.42 Å². The van der Waals surface area contributed by atoms with Gasteiger partial charge in [0.15, 0.2) is 0 Å². The van der Waals surface area contributed by atoms with Gasteiger partial charge in [-0.05, 0) is 46.0 Å². The topological polar surface area (TPSA) is 37.2 Å². The molecule has 0 unspecified atom stereocenters. The van der Waals surface area contributed by atoms with Crippen LogP contribution in [0.4, 0.5) is 0 Å². The van der Waals surface area contributed by atoms with Crippen LogP contribution in [0.2, 0.25) is 0 Å². The minimum Gasteiger partial charge on any atom is -0.466 e. The molecule has 0 saturated carbocycles. The molecule has 1 aromatic heterocycles. The predicted molar refractivity (Wildman–Crippen MR) is 63.0 cm³/mol. The minimum atomic E-state index is 0.912. The van der Waals surface area contributed by atoms with Crippen molar-refractivity contribution in [1.82, 2.24) is 10.6 Å².